The lowest BCUT2D eigenvalue weighted by atomic mass is 10.1. The predicted octanol–water partition coefficient (Wildman–Crippen LogP) is 1.34. The molecule has 1 amide bonds. The van der Waals surface area contributed by atoms with Gasteiger partial charge < -0.3 is 5.32 Å². The van der Waals surface area contributed by atoms with Crippen LogP contribution in [0.5, 0.6) is 0 Å². The quantitative estimate of drug-likeness (QED) is 0.647. The van der Waals surface area contributed by atoms with Gasteiger partial charge in [0.1, 0.15) is 12.2 Å². The predicted molar refractivity (Wildman–Crippen MR) is 65.3 cm³/mol. The van der Waals surface area contributed by atoms with Crippen LogP contribution in [0.15, 0.2) is 24.5 Å². The van der Waals surface area contributed by atoms with Crippen LogP contribution in [0.4, 0.5) is 10.1 Å². The largest absolute Gasteiger partial charge is 0.342 e. The molecule has 1 unspecified atom stereocenters. The third kappa shape index (κ3) is 2.76. The molecule has 1 aromatic heterocycles. The van der Waals surface area contributed by atoms with E-state index in [9.17, 15) is 19.3 Å². The van der Waals surface area contributed by atoms with Crippen molar-refractivity contribution >= 4 is 11.6 Å². The van der Waals surface area contributed by atoms with Gasteiger partial charge in [0.05, 0.1) is 11.0 Å². The molecule has 0 saturated carbocycles. The summed E-state index contributed by atoms with van der Waals surface area (Å²) in [6, 6.07) is 2.50. The van der Waals surface area contributed by atoms with Crippen LogP contribution in [0.3, 0.4) is 0 Å². The maximum atomic E-state index is 13.4. The van der Waals surface area contributed by atoms with E-state index in [1.807, 2.05) is 0 Å². The van der Waals surface area contributed by atoms with E-state index in [1.54, 1.807) is 6.92 Å². The van der Waals surface area contributed by atoms with E-state index in [0.29, 0.717) is 5.82 Å². The van der Waals surface area contributed by atoms with Gasteiger partial charge in [-0.1, -0.05) is 0 Å². The molecule has 0 spiro atoms. The summed E-state index contributed by atoms with van der Waals surface area (Å²) in [5, 5.41) is 19.3. The molecule has 2 rings (SSSR count). The van der Waals surface area contributed by atoms with Crippen LogP contribution < -0.4 is 5.32 Å². The van der Waals surface area contributed by atoms with E-state index in [4.69, 9.17) is 0 Å². The van der Waals surface area contributed by atoms with Crippen molar-refractivity contribution in [3.05, 3.63) is 51.8 Å². The van der Waals surface area contributed by atoms with E-state index in [0.717, 1.165) is 12.1 Å². The Labute approximate surface area is 112 Å². The minimum absolute atomic E-state index is 0.0144. The zero-order chi connectivity index (χ0) is 14.7. The van der Waals surface area contributed by atoms with Crippen molar-refractivity contribution in [1.29, 1.82) is 0 Å². The first kappa shape index (κ1) is 13.6. The van der Waals surface area contributed by atoms with Crippen LogP contribution in [0.25, 0.3) is 0 Å². The summed E-state index contributed by atoms with van der Waals surface area (Å²) >= 11 is 0. The molecule has 0 radical (unpaired) electrons. The number of hydrogen-bond donors (Lipinski definition) is 2. The van der Waals surface area contributed by atoms with Gasteiger partial charge in [-0.15, -0.1) is 0 Å². The van der Waals surface area contributed by atoms with Crippen molar-refractivity contribution < 1.29 is 14.1 Å². The summed E-state index contributed by atoms with van der Waals surface area (Å²) < 4.78 is 13.4. The summed E-state index contributed by atoms with van der Waals surface area (Å²) in [6.07, 6.45) is 1.30. The second-order valence-electron chi connectivity index (χ2n) is 3.99. The lowest BCUT2D eigenvalue weighted by Crippen LogP contribution is -2.27. The zero-order valence-electron chi connectivity index (χ0n) is 10.3. The average molecular weight is 279 g/mol. The number of hydrogen-bond acceptors (Lipinski definition) is 5. The average Bonchev–Trinajstić information content (AvgIpc) is 2.91. The lowest BCUT2D eigenvalue weighted by molar-refractivity contribution is -0.387. The molecule has 2 aromatic rings. The topological polar surface area (TPSA) is 114 Å². The number of halogens is 1. The fourth-order valence-corrected chi connectivity index (χ4v) is 1.57. The minimum Gasteiger partial charge on any atom is -0.342 e. The third-order valence-electron chi connectivity index (χ3n) is 2.60. The van der Waals surface area contributed by atoms with Gasteiger partial charge in [-0.25, -0.2) is 4.98 Å². The second kappa shape index (κ2) is 5.43. The molecule has 1 aromatic carbocycles. The van der Waals surface area contributed by atoms with Crippen LogP contribution in [0, 0.1) is 15.9 Å². The minimum atomic E-state index is -1.06. The van der Waals surface area contributed by atoms with Crippen molar-refractivity contribution in [3.8, 4) is 0 Å². The molecule has 0 aliphatic carbocycles. The van der Waals surface area contributed by atoms with Crippen LogP contribution in [-0.4, -0.2) is 26.0 Å². The molecular formula is C11H10FN5O3. The Morgan fingerprint density at radius 1 is 1.55 bits per heavy atom. The van der Waals surface area contributed by atoms with Gasteiger partial charge in [-0.05, 0) is 19.1 Å². The van der Waals surface area contributed by atoms with Crippen molar-refractivity contribution in [1.82, 2.24) is 20.5 Å². The lowest BCUT2D eigenvalue weighted by Gasteiger charge is -2.10. The highest BCUT2D eigenvalue weighted by Gasteiger charge is 2.18. The third-order valence-corrected chi connectivity index (χ3v) is 2.60. The van der Waals surface area contributed by atoms with Gasteiger partial charge in [0.25, 0.3) is 5.91 Å². The van der Waals surface area contributed by atoms with Crippen molar-refractivity contribution in [2.24, 2.45) is 0 Å². The number of rotatable bonds is 4. The monoisotopic (exact) mass is 279 g/mol. The zero-order valence-corrected chi connectivity index (χ0v) is 10.3. The number of H-pyrrole nitrogens is 1. The molecule has 1 atom stereocenters. The van der Waals surface area contributed by atoms with Crippen molar-refractivity contribution in [3.63, 3.8) is 0 Å². The Hall–Kier alpha value is -2.84. The van der Waals surface area contributed by atoms with Crippen LogP contribution in [-0.2, 0) is 0 Å². The molecule has 9 heteroatoms. The molecule has 2 N–H and O–H groups in total. The summed E-state index contributed by atoms with van der Waals surface area (Å²) in [7, 11) is 0. The molecule has 104 valence electrons. The normalized spacial score (nSPS) is 11.9. The highest BCUT2D eigenvalue weighted by atomic mass is 19.1. The Bertz CT molecular complexity index is 644. The molecule has 0 bridgehead atoms. The van der Waals surface area contributed by atoms with Gasteiger partial charge in [0, 0.05) is 11.6 Å². The Balaban J connectivity index is 2.14. The van der Waals surface area contributed by atoms with Crippen LogP contribution in [0.1, 0.15) is 29.1 Å². The maximum Gasteiger partial charge on any atom is 0.304 e. The van der Waals surface area contributed by atoms with Crippen LogP contribution >= 0.6 is 0 Å². The number of nitrogens with one attached hydrogen (secondary N) is 2. The summed E-state index contributed by atoms with van der Waals surface area (Å²) in [6.45, 7) is 1.67. The molecular weight excluding hydrogens is 269 g/mol. The first-order valence-corrected chi connectivity index (χ1v) is 5.59. The molecule has 0 saturated heterocycles. The Morgan fingerprint density at radius 2 is 2.30 bits per heavy atom. The van der Waals surface area contributed by atoms with Gasteiger partial charge in [0.15, 0.2) is 0 Å². The number of aromatic amines is 1. The number of carbonyl (C=O) groups excluding carboxylic acids is 1. The van der Waals surface area contributed by atoms with E-state index in [-0.39, 0.29) is 5.56 Å². The number of amides is 1. The molecule has 0 fully saturated rings. The first-order chi connectivity index (χ1) is 9.49. The SMILES string of the molecule is CC(NC(=O)c1ccc([N+](=O)[O-])c(F)c1)c1ncn[nH]1. The van der Waals surface area contributed by atoms with Crippen LogP contribution in [0.2, 0.25) is 0 Å². The molecule has 0 aliphatic rings. The van der Waals surface area contributed by atoms with E-state index < -0.39 is 28.4 Å². The van der Waals surface area contributed by atoms with Gasteiger partial charge in [0.2, 0.25) is 5.82 Å². The van der Waals surface area contributed by atoms with Gasteiger partial charge in [-0.2, -0.15) is 9.49 Å². The summed E-state index contributed by atoms with van der Waals surface area (Å²) in [5.41, 5.74) is -0.690. The first-order valence-electron chi connectivity index (χ1n) is 5.59. The van der Waals surface area contributed by atoms with Crippen molar-refractivity contribution in [2.75, 3.05) is 0 Å². The highest BCUT2D eigenvalue weighted by Crippen LogP contribution is 2.18. The van der Waals surface area contributed by atoms with Gasteiger partial charge >= 0.3 is 5.69 Å². The van der Waals surface area contributed by atoms with E-state index >= 15 is 0 Å². The van der Waals surface area contributed by atoms with E-state index in [1.165, 1.54) is 12.4 Å². The number of nitrogens with zero attached hydrogens (tertiary/aromatic N) is 3. The Morgan fingerprint density at radius 3 is 2.85 bits per heavy atom. The standard InChI is InChI=1S/C11H10FN5O3/c1-6(10-13-5-14-16-10)15-11(18)7-2-3-9(17(19)20)8(12)4-7/h2-6H,1H3,(H,15,18)(H,13,14,16). The summed E-state index contributed by atoms with van der Waals surface area (Å²) in [4.78, 5) is 25.4. The van der Waals surface area contributed by atoms with E-state index in [2.05, 4.69) is 20.5 Å². The highest BCUT2D eigenvalue weighted by molar-refractivity contribution is 5.94. The molecule has 8 nitrogen and oxygen atoms in total. The van der Waals surface area contributed by atoms with Crippen molar-refractivity contribution in [2.45, 2.75) is 13.0 Å². The smallest absolute Gasteiger partial charge is 0.304 e. The number of nitro benzene ring substituents is 1. The second-order valence-corrected chi connectivity index (χ2v) is 3.99. The number of aromatic nitrogens is 3. The fourth-order valence-electron chi connectivity index (χ4n) is 1.57. The van der Waals surface area contributed by atoms with Gasteiger partial charge in [-0.3, -0.25) is 20.0 Å². The number of nitro groups is 1. The maximum absolute atomic E-state index is 13.4. The Kier molecular flexibility index (Phi) is 3.69. The summed E-state index contributed by atoms with van der Waals surface area (Å²) in [5.74, 6) is -1.18. The molecule has 20 heavy (non-hydrogen) atoms. The number of carbonyl (C=O) groups is 1. The molecule has 1 heterocycles. The fraction of sp³-hybridized carbons (Fsp3) is 0.182. The molecule has 0 aliphatic heterocycles. The number of benzene rings is 1.